The van der Waals surface area contributed by atoms with Gasteiger partial charge in [0.15, 0.2) is 5.96 Å². The van der Waals surface area contributed by atoms with Gasteiger partial charge in [-0.2, -0.15) is 11.8 Å². The maximum Gasteiger partial charge on any atom is 0.194 e. The van der Waals surface area contributed by atoms with Crippen LogP contribution < -0.4 is 5.32 Å². The minimum absolute atomic E-state index is 0.536. The van der Waals surface area contributed by atoms with Crippen molar-refractivity contribution >= 4 is 17.7 Å². The van der Waals surface area contributed by atoms with Crippen LogP contribution in [0.5, 0.6) is 0 Å². The second kappa shape index (κ2) is 6.84. The quantitative estimate of drug-likeness (QED) is 0.610. The number of rotatable bonds is 3. The molecule has 2 saturated heterocycles. The molecule has 0 spiro atoms. The Kier molecular flexibility index (Phi) is 5.39. The number of thioether (sulfide) groups is 1. The first-order chi connectivity index (χ1) is 9.13. The largest absolute Gasteiger partial charge is 0.387 e. The second-order valence-electron chi connectivity index (χ2n) is 5.87. The lowest BCUT2D eigenvalue weighted by molar-refractivity contribution is 0.0774. The molecule has 0 amide bonds. The number of aliphatic imine (C=N–C) groups is 1. The van der Waals surface area contributed by atoms with Gasteiger partial charge in [-0.3, -0.25) is 4.99 Å². The van der Waals surface area contributed by atoms with Gasteiger partial charge in [-0.05, 0) is 37.9 Å². The monoisotopic (exact) mass is 285 g/mol. The summed E-state index contributed by atoms with van der Waals surface area (Å²) >= 11 is 1.83. The standard InChI is InChI=1S/C14H27N3OS/c1-3-15-13(17-7-4-12(2)5-8-17)16-10-14(18)6-9-19-11-14/h12,18H,3-11H2,1-2H3,(H,15,16). The molecule has 0 aromatic carbocycles. The van der Waals surface area contributed by atoms with E-state index in [1.807, 2.05) is 11.8 Å². The van der Waals surface area contributed by atoms with E-state index in [0.29, 0.717) is 6.54 Å². The summed E-state index contributed by atoms with van der Waals surface area (Å²) in [4.78, 5) is 7.03. The molecule has 2 fully saturated rings. The molecule has 0 aromatic heterocycles. The van der Waals surface area contributed by atoms with Crippen molar-refractivity contribution < 1.29 is 5.11 Å². The third-order valence-corrected chi connectivity index (χ3v) is 5.26. The van der Waals surface area contributed by atoms with E-state index >= 15 is 0 Å². The first kappa shape index (κ1) is 15.0. The predicted octanol–water partition coefficient (Wildman–Crippen LogP) is 1.55. The summed E-state index contributed by atoms with van der Waals surface area (Å²) in [5, 5.41) is 13.7. The minimum Gasteiger partial charge on any atom is -0.387 e. The van der Waals surface area contributed by atoms with Crippen molar-refractivity contribution in [2.45, 2.75) is 38.7 Å². The predicted molar refractivity (Wildman–Crippen MR) is 82.8 cm³/mol. The number of guanidine groups is 1. The molecule has 0 saturated carbocycles. The molecule has 0 aliphatic carbocycles. The van der Waals surface area contributed by atoms with Gasteiger partial charge in [-0.1, -0.05) is 6.92 Å². The lowest BCUT2D eigenvalue weighted by Crippen LogP contribution is -2.46. The Morgan fingerprint density at radius 2 is 2.21 bits per heavy atom. The van der Waals surface area contributed by atoms with Crippen LogP contribution in [0.25, 0.3) is 0 Å². The zero-order valence-corrected chi connectivity index (χ0v) is 13.0. The SMILES string of the molecule is CCNC(=NCC1(O)CCSC1)N1CCC(C)CC1. The van der Waals surface area contributed by atoms with E-state index in [1.165, 1.54) is 12.8 Å². The van der Waals surface area contributed by atoms with Crippen LogP contribution in [-0.2, 0) is 0 Å². The van der Waals surface area contributed by atoms with Crippen molar-refractivity contribution in [3.8, 4) is 0 Å². The number of hydrogen-bond donors (Lipinski definition) is 2. The fraction of sp³-hybridized carbons (Fsp3) is 0.929. The van der Waals surface area contributed by atoms with E-state index < -0.39 is 5.60 Å². The summed E-state index contributed by atoms with van der Waals surface area (Å²) in [5.41, 5.74) is -0.575. The lowest BCUT2D eigenvalue weighted by atomic mass is 9.99. The Bertz CT molecular complexity index is 308. The number of hydrogen-bond acceptors (Lipinski definition) is 3. The second-order valence-corrected chi connectivity index (χ2v) is 6.97. The normalized spacial score (nSPS) is 29.8. The molecule has 2 N–H and O–H groups in total. The van der Waals surface area contributed by atoms with Gasteiger partial charge < -0.3 is 15.3 Å². The van der Waals surface area contributed by atoms with Crippen molar-refractivity contribution in [1.82, 2.24) is 10.2 Å². The Balaban J connectivity index is 1.94. The molecule has 0 aromatic rings. The summed E-state index contributed by atoms with van der Waals surface area (Å²) in [6.07, 6.45) is 3.35. The summed E-state index contributed by atoms with van der Waals surface area (Å²) in [6.45, 7) is 8.01. The van der Waals surface area contributed by atoms with Gasteiger partial charge in [-0.15, -0.1) is 0 Å². The fourth-order valence-corrected chi connectivity index (χ4v) is 3.87. The molecule has 110 valence electrons. The van der Waals surface area contributed by atoms with Crippen molar-refractivity contribution in [1.29, 1.82) is 0 Å². The third kappa shape index (κ3) is 4.28. The molecule has 5 heteroatoms. The summed E-state index contributed by atoms with van der Waals surface area (Å²) in [7, 11) is 0. The van der Waals surface area contributed by atoms with Gasteiger partial charge in [0.25, 0.3) is 0 Å². The minimum atomic E-state index is -0.575. The Labute approximate surface area is 121 Å². The van der Waals surface area contributed by atoms with Crippen molar-refractivity contribution in [3.05, 3.63) is 0 Å². The molecule has 0 bridgehead atoms. The van der Waals surface area contributed by atoms with Crippen LogP contribution in [-0.4, -0.2) is 59.3 Å². The molecular formula is C14H27N3OS. The van der Waals surface area contributed by atoms with Gasteiger partial charge in [0.05, 0.1) is 12.1 Å². The highest BCUT2D eigenvalue weighted by atomic mass is 32.2. The zero-order chi connectivity index (χ0) is 13.7. The van der Waals surface area contributed by atoms with Crippen LogP contribution >= 0.6 is 11.8 Å². The number of nitrogens with zero attached hydrogens (tertiary/aromatic N) is 2. The topological polar surface area (TPSA) is 47.9 Å². The van der Waals surface area contributed by atoms with Crippen LogP contribution in [0.4, 0.5) is 0 Å². The van der Waals surface area contributed by atoms with E-state index in [-0.39, 0.29) is 0 Å². The highest BCUT2D eigenvalue weighted by Gasteiger charge is 2.31. The van der Waals surface area contributed by atoms with E-state index in [9.17, 15) is 5.11 Å². The van der Waals surface area contributed by atoms with E-state index in [2.05, 4.69) is 29.1 Å². The summed E-state index contributed by atoms with van der Waals surface area (Å²) in [6, 6.07) is 0. The molecule has 1 atom stereocenters. The van der Waals surface area contributed by atoms with Crippen molar-refractivity contribution in [3.63, 3.8) is 0 Å². The van der Waals surface area contributed by atoms with Gasteiger partial charge in [0.2, 0.25) is 0 Å². The third-order valence-electron chi connectivity index (χ3n) is 4.02. The Morgan fingerprint density at radius 3 is 2.79 bits per heavy atom. The molecule has 2 rings (SSSR count). The lowest BCUT2D eigenvalue weighted by Gasteiger charge is -2.33. The van der Waals surface area contributed by atoms with Crippen LogP contribution in [0.1, 0.15) is 33.1 Å². The summed E-state index contributed by atoms with van der Waals surface area (Å²) < 4.78 is 0. The van der Waals surface area contributed by atoms with Crippen LogP contribution in [0.2, 0.25) is 0 Å². The van der Waals surface area contributed by atoms with Crippen molar-refractivity contribution in [2.75, 3.05) is 37.7 Å². The highest BCUT2D eigenvalue weighted by Crippen LogP contribution is 2.28. The maximum atomic E-state index is 10.4. The van der Waals surface area contributed by atoms with Crippen molar-refractivity contribution in [2.24, 2.45) is 10.9 Å². The van der Waals surface area contributed by atoms with Crippen LogP contribution in [0, 0.1) is 5.92 Å². The smallest absolute Gasteiger partial charge is 0.194 e. The first-order valence-corrected chi connectivity index (χ1v) is 8.62. The number of nitrogens with one attached hydrogen (secondary N) is 1. The maximum absolute atomic E-state index is 10.4. The van der Waals surface area contributed by atoms with E-state index in [1.54, 1.807) is 0 Å². The van der Waals surface area contributed by atoms with Gasteiger partial charge in [-0.25, -0.2) is 0 Å². The van der Waals surface area contributed by atoms with Crippen LogP contribution in [0.15, 0.2) is 4.99 Å². The van der Waals surface area contributed by atoms with Crippen LogP contribution in [0.3, 0.4) is 0 Å². The number of aliphatic hydroxyl groups is 1. The zero-order valence-electron chi connectivity index (χ0n) is 12.2. The average molecular weight is 285 g/mol. The average Bonchev–Trinajstić information content (AvgIpc) is 2.83. The summed E-state index contributed by atoms with van der Waals surface area (Å²) in [5.74, 6) is 3.70. The highest BCUT2D eigenvalue weighted by molar-refractivity contribution is 7.99. The Morgan fingerprint density at radius 1 is 1.47 bits per heavy atom. The molecular weight excluding hydrogens is 258 g/mol. The fourth-order valence-electron chi connectivity index (χ4n) is 2.59. The molecule has 0 radical (unpaired) electrons. The van der Waals surface area contributed by atoms with E-state index in [4.69, 9.17) is 0 Å². The van der Waals surface area contributed by atoms with Gasteiger partial charge in [0, 0.05) is 25.4 Å². The molecule has 2 aliphatic rings. The molecule has 2 aliphatic heterocycles. The van der Waals surface area contributed by atoms with E-state index in [0.717, 1.165) is 49.4 Å². The molecule has 2 heterocycles. The Hall–Kier alpha value is -0.420. The van der Waals surface area contributed by atoms with Gasteiger partial charge >= 0.3 is 0 Å². The molecule has 4 nitrogen and oxygen atoms in total. The number of piperidine rings is 1. The van der Waals surface area contributed by atoms with Gasteiger partial charge in [0.1, 0.15) is 0 Å². The molecule has 19 heavy (non-hydrogen) atoms. The molecule has 1 unspecified atom stereocenters. The number of likely N-dealkylation sites (tertiary alicyclic amines) is 1. The first-order valence-electron chi connectivity index (χ1n) is 7.46.